The minimum Gasteiger partial charge on any atom is -0.494 e. The molecule has 1 aromatic carbocycles. The van der Waals surface area contributed by atoms with Crippen molar-refractivity contribution in [1.29, 1.82) is 0 Å². The van der Waals surface area contributed by atoms with Gasteiger partial charge in [0.15, 0.2) is 11.6 Å². The van der Waals surface area contributed by atoms with E-state index in [0.29, 0.717) is 17.7 Å². The molecule has 0 fully saturated rings. The molecule has 0 spiro atoms. The van der Waals surface area contributed by atoms with E-state index >= 15 is 0 Å². The normalized spacial score (nSPS) is 12.4. The van der Waals surface area contributed by atoms with E-state index in [4.69, 9.17) is 4.74 Å². The summed E-state index contributed by atoms with van der Waals surface area (Å²) in [5, 5.41) is 5.60. The van der Waals surface area contributed by atoms with Gasteiger partial charge < -0.3 is 10.1 Å². The monoisotopic (exact) mass is 371 g/mol. The van der Waals surface area contributed by atoms with Gasteiger partial charge in [0.2, 0.25) is 0 Å². The second-order valence-electron chi connectivity index (χ2n) is 4.83. The topological polar surface area (TPSA) is 21.3 Å². The molecule has 1 N–H and O–H groups in total. The summed E-state index contributed by atoms with van der Waals surface area (Å²) in [6, 6.07) is 7.50. The quantitative estimate of drug-likeness (QED) is 0.743. The zero-order valence-electron chi connectivity index (χ0n) is 12.2. The molecule has 5 heteroatoms. The maximum absolute atomic E-state index is 14.3. The zero-order valence-corrected chi connectivity index (χ0v) is 14.6. The molecule has 0 bridgehead atoms. The van der Waals surface area contributed by atoms with Gasteiger partial charge >= 0.3 is 0 Å². The van der Waals surface area contributed by atoms with Crippen molar-refractivity contribution in [3.8, 4) is 5.75 Å². The van der Waals surface area contributed by atoms with Crippen LogP contribution in [0.1, 0.15) is 30.5 Å². The maximum Gasteiger partial charge on any atom is 0.168 e. The van der Waals surface area contributed by atoms with Crippen LogP contribution in [0.25, 0.3) is 0 Å². The van der Waals surface area contributed by atoms with Gasteiger partial charge in [-0.1, -0.05) is 19.1 Å². The Morgan fingerprint density at radius 3 is 2.86 bits per heavy atom. The van der Waals surface area contributed by atoms with E-state index in [1.165, 1.54) is 12.7 Å². The molecule has 114 valence electrons. The lowest BCUT2D eigenvalue weighted by atomic mass is 10.0. The van der Waals surface area contributed by atoms with E-state index < -0.39 is 0 Å². The molecule has 0 amide bonds. The largest absolute Gasteiger partial charge is 0.494 e. The smallest absolute Gasteiger partial charge is 0.168 e. The van der Waals surface area contributed by atoms with Gasteiger partial charge in [-0.3, -0.25) is 0 Å². The lowest BCUT2D eigenvalue weighted by molar-refractivity contribution is 0.382. The molecule has 2 aromatic rings. The Morgan fingerprint density at radius 2 is 2.24 bits per heavy atom. The van der Waals surface area contributed by atoms with E-state index in [-0.39, 0.29) is 11.9 Å². The van der Waals surface area contributed by atoms with E-state index in [0.717, 1.165) is 16.8 Å². The highest BCUT2D eigenvalue weighted by molar-refractivity contribution is 9.11. The highest BCUT2D eigenvalue weighted by atomic mass is 79.9. The molecular formula is C16H19BrFNOS. The average Bonchev–Trinajstić information content (AvgIpc) is 2.91. The van der Waals surface area contributed by atoms with Crippen molar-refractivity contribution in [1.82, 2.24) is 5.32 Å². The predicted octanol–water partition coefficient (Wildman–Crippen LogP) is 4.94. The number of ether oxygens (including phenoxy) is 1. The third-order valence-corrected chi connectivity index (χ3v) is 4.84. The van der Waals surface area contributed by atoms with Crippen molar-refractivity contribution in [2.45, 2.75) is 25.8 Å². The van der Waals surface area contributed by atoms with Crippen molar-refractivity contribution < 1.29 is 9.13 Å². The molecule has 1 aromatic heterocycles. The van der Waals surface area contributed by atoms with Crippen LogP contribution in [-0.4, -0.2) is 13.7 Å². The van der Waals surface area contributed by atoms with Gasteiger partial charge in [0, 0.05) is 6.04 Å². The number of hydrogen-bond acceptors (Lipinski definition) is 3. The molecule has 0 saturated carbocycles. The highest BCUT2D eigenvalue weighted by Gasteiger charge is 2.17. The summed E-state index contributed by atoms with van der Waals surface area (Å²) in [5.41, 5.74) is 1.85. The fraction of sp³-hybridized carbons (Fsp3) is 0.375. The van der Waals surface area contributed by atoms with Gasteiger partial charge in [0.25, 0.3) is 0 Å². The summed E-state index contributed by atoms with van der Waals surface area (Å²) in [6.45, 7) is 3.03. The lowest BCUT2D eigenvalue weighted by Crippen LogP contribution is -2.24. The molecule has 1 atom stereocenters. The van der Waals surface area contributed by atoms with Crippen LogP contribution in [0.5, 0.6) is 5.75 Å². The average molecular weight is 372 g/mol. The molecule has 1 unspecified atom stereocenters. The summed E-state index contributed by atoms with van der Waals surface area (Å²) in [4.78, 5) is 0. The van der Waals surface area contributed by atoms with Crippen LogP contribution in [0.4, 0.5) is 4.39 Å². The molecule has 0 saturated heterocycles. The van der Waals surface area contributed by atoms with Gasteiger partial charge in [-0.2, -0.15) is 0 Å². The molecule has 21 heavy (non-hydrogen) atoms. The second-order valence-corrected chi connectivity index (χ2v) is 7.12. The Balaban J connectivity index is 2.22. The van der Waals surface area contributed by atoms with Gasteiger partial charge in [0.05, 0.1) is 10.9 Å². The van der Waals surface area contributed by atoms with Crippen LogP contribution in [0.2, 0.25) is 0 Å². The summed E-state index contributed by atoms with van der Waals surface area (Å²) in [6.07, 6.45) is 1.65. The summed E-state index contributed by atoms with van der Waals surface area (Å²) < 4.78 is 20.5. The number of methoxy groups -OCH3 is 1. The SMILES string of the molecule is CCCNC(Cc1cccc(OC)c1F)c1csc(Br)c1. The van der Waals surface area contributed by atoms with Crippen molar-refractivity contribution in [3.63, 3.8) is 0 Å². The Morgan fingerprint density at radius 1 is 1.43 bits per heavy atom. The molecule has 0 radical (unpaired) electrons. The van der Waals surface area contributed by atoms with Crippen molar-refractivity contribution >= 4 is 27.3 Å². The molecule has 1 heterocycles. The Hall–Kier alpha value is -0.910. The fourth-order valence-corrected chi connectivity index (χ4v) is 3.45. The molecule has 0 aliphatic carbocycles. The van der Waals surface area contributed by atoms with Crippen LogP contribution in [0.15, 0.2) is 33.4 Å². The fourth-order valence-electron chi connectivity index (χ4n) is 2.22. The first-order valence-electron chi connectivity index (χ1n) is 6.94. The van der Waals surface area contributed by atoms with Crippen molar-refractivity contribution in [2.24, 2.45) is 0 Å². The number of benzene rings is 1. The number of halogens is 2. The number of thiophene rings is 1. The minimum absolute atomic E-state index is 0.106. The van der Waals surface area contributed by atoms with Crippen molar-refractivity contribution in [3.05, 3.63) is 50.4 Å². The third-order valence-electron chi connectivity index (χ3n) is 3.32. The van der Waals surface area contributed by atoms with Crippen LogP contribution in [0, 0.1) is 5.82 Å². The second kappa shape index (κ2) is 7.92. The summed E-state index contributed by atoms with van der Waals surface area (Å²) in [7, 11) is 1.49. The first-order valence-corrected chi connectivity index (χ1v) is 8.61. The number of hydrogen-bond donors (Lipinski definition) is 1. The van der Waals surface area contributed by atoms with Gasteiger partial charge in [0.1, 0.15) is 0 Å². The predicted molar refractivity (Wildman–Crippen MR) is 89.7 cm³/mol. The zero-order chi connectivity index (χ0) is 15.2. The van der Waals surface area contributed by atoms with Gasteiger partial charge in [-0.15, -0.1) is 11.3 Å². The molecule has 0 aliphatic heterocycles. The number of rotatable bonds is 7. The molecular weight excluding hydrogens is 353 g/mol. The minimum atomic E-state index is -0.266. The summed E-state index contributed by atoms with van der Waals surface area (Å²) in [5.74, 6) is 0.0332. The van der Waals surface area contributed by atoms with Crippen LogP contribution < -0.4 is 10.1 Å². The first-order chi connectivity index (χ1) is 10.2. The van der Waals surface area contributed by atoms with Crippen LogP contribution in [-0.2, 0) is 6.42 Å². The van der Waals surface area contributed by atoms with Gasteiger partial charge in [-0.25, -0.2) is 4.39 Å². The van der Waals surface area contributed by atoms with E-state index in [1.54, 1.807) is 17.4 Å². The highest BCUT2D eigenvalue weighted by Crippen LogP contribution is 2.29. The molecule has 2 rings (SSSR count). The van der Waals surface area contributed by atoms with E-state index in [1.807, 2.05) is 12.1 Å². The summed E-state index contributed by atoms with van der Waals surface area (Å²) >= 11 is 5.13. The van der Waals surface area contributed by atoms with Gasteiger partial charge in [-0.05, 0) is 64.0 Å². The van der Waals surface area contributed by atoms with Crippen molar-refractivity contribution in [2.75, 3.05) is 13.7 Å². The third kappa shape index (κ3) is 4.28. The maximum atomic E-state index is 14.3. The lowest BCUT2D eigenvalue weighted by Gasteiger charge is -2.18. The number of nitrogens with one attached hydrogen (secondary N) is 1. The van der Waals surface area contributed by atoms with Crippen LogP contribution >= 0.6 is 27.3 Å². The molecule has 2 nitrogen and oxygen atoms in total. The van der Waals surface area contributed by atoms with Crippen LogP contribution in [0.3, 0.4) is 0 Å². The standard InChI is InChI=1S/C16H19BrFNOS/c1-3-7-19-13(12-9-15(17)21-10-12)8-11-5-4-6-14(20-2)16(11)18/h4-6,9-10,13,19H,3,7-8H2,1-2H3. The molecule has 0 aliphatic rings. The van der Waals surface area contributed by atoms with E-state index in [9.17, 15) is 4.39 Å². The van der Waals surface area contributed by atoms with E-state index in [2.05, 4.69) is 39.6 Å². The Bertz CT molecular complexity index is 587. The first kappa shape index (κ1) is 16.5. The Kier molecular flexibility index (Phi) is 6.21. The Labute approximate surface area is 137 Å².